The summed E-state index contributed by atoms with van der Waals surface area (Å²) >= 11 is 0. The van der Waals surface area contributed by atoms with Crippen LogP contribution >= 0.6 is 0 Å². The van der Waals surface area contributed by atoms with Crippen LogP contribution in [0.2, 0.25) is 0 Å². The van der Waals surface area contributed by atoms with Crippen LogP contribution in [0.5, 0.6) is 0 Å². The summed E-state index contributed by atoms with van der Waals surface area (Å²) in [5.74, 6) is 6.43. The highest BCUT2D eigenvalue weighted by atomic mass is 16.2. The number of nitrogen functional groups attached to an aromatic ring is 1. The highest BCUT2D eigenvalue weighted by molar-refractivity contribution is 5.94. The minimum atomic E-state index is 0.0123. The molecule has 4 rings (SSSR count). The van der Waals surface area contributed by atoms with Crippen LogP contribution in [0, 0.1) is 0 Å². The summed E-state index contributed by atoms with van der Waals surface area (Å²) in [4.78, 5) is 26.6. The van der Waals surface area contributed by atoms with E-state index in [9.17, 15) is 4.79 Å². The number of nitrogens with zero attached hydrogens (tertiary/aromatic N) is 3. The van der Waals surface area contributed by atoms with Crippen LogP contribution in [0.1, 0.15) is 60.8 Å². The van der Waals surface area contributed by atoms with Crippen molar-refractivity contribution < 1.29 is 9.78 Å². The lowest BCUT2D eigenvalue weighted by Gasteiger charge is -2.19. The fourth-order valence-electron chi connectivity index (χ4n) is 4.40. The van der Waals surface area contributed by atoms with Crippen molar-refractivity contribution in [1.29, 1.82) is 0 Å². The second kappa shape index (κ2) is 10.8. The SMILES string of the molecule is CC(C)(C)c1ccc(CCCc2nc(NC3CCN(C(=O)c4cccnc4)C3)[nH+]cc2NN)cc1. The Morgan fingerprint density at radius 1 is 1.20 bits per heavy atom. The van der Waals surface area contributed by atoms with Crippen LogP contribution in [0.4, 0.5) is 11.6 Å². The van der Waals surface area contributed by atoms with Gasteiger partial charge in [0.15, 0.2) is 0 Å². The number of likely N-dealkylation sites (tertiary alicyclic amines) is 1. The third kappa shape index (κ3) is 6.33. The average Bonchev–Trinajstić information content (AvgIpc) is 3.32. The third-order valence-electron chi connectivity index (χ3n) is 6.49. The summed E-state index contributed by atoms with van der Waals surface area (Å²) in [6.07, 6.45) is 8.74. The Morgan fingerprint density at radius 3 is 2.69 bits per heavy atom. The van der Waals surface area contributed by atoms with E-state index in [2.05, 4.69) is 65.7 Å². The Balaban J connectivity index is 1.33. The number of hydrogen-bond acceptors (Lipinski definition) is 6. The number of nitrogens with one attached hydrogen (secondary N) is 3. The van der Waals surface area contributed by atoms with Crippen molar-refractivity contribution in [3.05, 3.63) is 77.4 Å². The fourth-order valence-corrected chi connectivity index (χ4v) is 4.40. The van der Waals surface area contributed by atoms with Gasteiger partial charge in [-0.05, 0) is 41.5 Å². The van der Waals surface area contributed by atoms with Crippen molar-refractivity contribution in [2.75, 3.05) is 23.8 Å². The Kier molecular flexibility index (Phi) is 7.60. The molecule has 1 atom stereocenters. The zero-order valence-electron chi connectivity index (χ0n) is 20.8. The number of aromatic amines is 1. The molecule has 1 fully saturated rings. The number of amides is 1. The predicted molar refractivity (Wildman–Crippen MR) is 138 cm³/mol. The molecule has 1 amide bonds. The Bertz CT molecular complexity index is 1130. The number of carbonyl (C=O) groups is 1. The number of benzene rings is 1. The Morgan fingerprint density at radius 2 is 2.00 bits per heavy atom. The lowest BCUT2D eigenvalue weighted by atomic mass is 9.86. The molecule has 0 spiro atoms. The standard InChI is InChI=1S/C27H35N7O/c1-27(2,3)21-11-9-19(10-12-21)6-4-8-23-24(33-28)17-30-26(32-23)31-22-13-15-34(18-22)25(35)20-7-5-14-29-16-20/h5,7,9-12,14,16-17,22,33H,4,6,8,13,15,18,28H2,1-3H3,(H,30,31,32)/p+1. The maximum Gasteiger partial charge on any atom is 0.389 e. The van der Waals surface area contributed by atoms with Crippen molar-refractivity contribution in [1.82, 2.24) is 14.9 Å². The summed E-state index contributed by atoms with van der Waals surface area (Å²) in [5.41, 5.74) is 7.91. The van der Waals surface area contributed by atoms with Gasteiger partial charge in [-0.2, -0.15) is 0 Å². The minimum absolute atomic E-state index is 0.0123. The number of pyridine rings is 1. The molecule has 184 valence electrons. The quantitative estimate of drug-likeness (QED) is 0.341. The van der Waals surface area contributed by atoms with Gasteiger partial charge < -0.3 is 10.3 Å². The van der Waals surface area contributed by atoms with Gasteiger partial charge in [0.25, 0.3) is 5.91 Å². The number of hydrazine groups is 1. The number of nitrogens with two attached hydrogens (primary N) is 1. The molecule has 1 aliphatic rings. The maximum absolute atomic E-state index is 12.7. The van der Waals surface area contributed by atoms with E-state index in [1.165, 1.54) is 11.1 Å². The summed E-state index contributed by atoms with van der Waals surface area (Å²) in [7, 11) is 0. The van der Waals surface area contributed by atoms with Crippen LogP contribution in [0.25, 0.3) is 0 Å². The van der Waals surface area contributed by atoms with E-state index in [0.717, 1.165) is 37.1 Å². The number of carbonyl (C=O) groups excluding carboxylic acids is 1. The second-order valence-corrected chi connectivity index (χ2v) is 10.2. The van der Waals surface area contributed by atoms with E-state index in [0.29, 0.717) is 24.6 Å². The van der Waals surface area contributed by atoms with E-state index in [1.807, 2.05) is 11.1 Å². The Hall–Kier alpha value is -3.52. The number of aromatic nitrogens is 3. The smallest absolute Gasteiger partial charge is 0.335 e. The van der Waals surface area contributed by atoms with Gasteiger partial charge in [-0.25, -0.2) is 4.98 Å². The topological polar surface area (TPSA) is 110 Å². The highest BCUT2D eigenvalue weighted by Gasteiger charge is 2.30. The first-order chi connectivity index (χ1) is 16.8. The van der Waals surface area contributed by atoms with Gasteiger partial charge in [0, 0.05) is 31.8 Å². The van der Waals surface area contributed by atoms with E-state index >= 15 is 0 Å². The zero-order valence-corrected chi connectivity index (χ0v) is 20.8. The van der Waals surface area contributed by atoms with Crippen molar-refractivity contribution in [2.24, 2.45) is 5.84 Å². The first kappa shape index (κ1) is 24.6. The number of hydrogen-bond donors (Lipinski definition) is 3. The van der Waals surface area contributed by atoms with Gasteiger partial charge in [-0.1, -0.05) is 50.0 Å². The van der Waals surface area contributed by atoms with Crippen molar-refractivity contribution in [2.45, 2.75) is 57.9 Å². The minimum Gasteiger partial charge on any atom is -0.335 e. The number of aryl methyl sites for hydroxylation is 2. The molecule has 35 heavy (non-hydrogen) atoms. The highest BCUT2D eigenvalue weighted by Crippen LogP contribution is 2.23. The van der Waals surface area contributed by atoms with Gasteiger partial charge in [0.05, 0.1) is 24.3 Å². The monoisotopic (exact) mass is 474 g/mol. The fraction of sp³-hybridized carbons (Fsp3) is 0.407. The van der Waals surface area contributed by atoms with Crippen molar-refractivity contribution >= 4 is 17.5 Å². The molecule has 0 aliphatic carbocycles. The van der Waals surface area contributed by atoms with Gasteiger partial charge in [0.1, 0.15) is 11.4 Å². The summed E-state index contributed by atoms with van der Waals surface area (Å²) in [6.45, 7) is 8.02. The third-order valence-corrected chi connectivity index (χ3v) is 6.49. The molecular formula is C27H36N7O+. The maximum atomic E-state index is 12.7. The van der Waals surface area contributed by atoms with Crippen LogP contribution in [-0.2, 0) is 18.3 Å². The summed E-state index contributed by atoms with van der Waals surface area (Å²) in [6, 6.07) is 12.6. The van der Waals surface area contributed by atoms with Gasteiger partial charge in [0.2, 0.25) is 0 Å². The first-order valence-corrected chi connectivity index (χ1v) is 12.3. The largest absolute Gasteiger partial charge is 0.389 e. The second-order valence-electron chi connectivity index (χ2n) is 10.2. The van der Waals surface area contributed by atoms with Gasteiger partial charge in [-0.3, -0.25) is 20.9 Å². The van der Waals surface area contributed by atoms with Gasteiger partial charge >= 0.3 is 5.95 Å². The zero-order chi connectivity index (χ0) is 24.8. The molecule has 0 saturated carbocycles. The van der Waals surface area contributed by atoms with E-state index in [4.69, 9.17) is 10.8 Å². The van der Waals surface area contributed by atoms with E-state index in [1.54, 1.807) is 24.5 Å². The van der Waals surface area contributed by atoms with Crippen molar-refractivity contribution in [3.63, 3.8) is 0 Å². The van der Waals surface area contributed by atoms with Gasteiger partial charge in [-0.15, -0.1) is 0 Å². The molecule has 3 aromatic rings. The van der Waals surface area contributed by atoms with Crippen LogP contribution in [0.15, 0.2) is 55.0 Å². The predicted octanol–water partition coefficient (Wildman–Crippen LogP) is 3.38. The lowest BCUT2D eigenvalue weighted by molar-refractivity contribution is -0.364. The molecule has 1 aliphatic heterocycles. The first-order valence-electron chi connectivity index (χ1n) is 12.3. The lowest BCUT2D eigenvalue weighted by Crippen LogP contribution is -2.33. The number of rotatable bonds is 8. The number of anilines is 2. The molecule has 0 radical (unpaired) electrons. The number of H-pyrrole nitrogens is 1. The summed E-state index contributed by atoms with van der Waals surface area (Å²) in [5, 5.41) is 3.45. The normalized spacial score (nSPS) is 15.8. The molecule has 3 heterocycles. The Labute approximate surface area is 207 Å². The van der Waals surface area contributed by atoms with Crippen molar-refractivity contribution in [3.8, 4) is 0 Å². The van der Waals surface area contributed by atoms with Crippen LogP contribution in [0.3, 0.4) is 0 Å². The molecule has 0 bridgehead atoms. The van der Waals surface area contributed by atoms with Crippen LogP contribution in [-0.4, -0.2) is 39.9 Å². The summed E-state index contributed by atoms with van der Waals surface area (Å²) < 4.78 is 0. The van der Waals surface area contributed by atoms with E-state index < -0.39 is 0 Å². The molecule has 1 unspecified atom stereocenters. The molecule has 8 heteroatoms. The molecule has 5 N–H and O–H groups in total. The molecule has 1 saturated heterocycles. The van der Waals surface area contributed by atoms with E-state index in [-0.39, 0.29) is 17.4 Å². The molecule has 8 nitrogen and oxygen atoms in total. The molecular weight excluding hydrogens is 438 g/mol. The molecule has 2 aromatic heterocycles. The molecule has 1 aromatic carbocycles. The van der Waals surface area contributed by atoms with Crippen LogP contribution < -0.4 is 21.6 Å². The average molecular weight is 475 g/mol.